The van der Waals surface area contributed by atoms with Crippen molar-refractivity contribution < 1.29 is 8.83 Å². The monoisotopic (exact) mass is 964 g/mol. The van der Waals surface area contributed by atoms with Crippen LogP contribution in [0, 0.1) is 0 Å². The predicted molar refractivity (Wildman–Crippen MR) is 321 cm³/mol. The molecule has 0 fully saturated rings. The molecular weight excluding hydrogens is 921 g/mol. The van der Waals surface area contributed by atoms with Gasteiger partial charge in [0.15, 0.2) is 11.2 Å². The van der Waals surface area contributed by atoms with E-state index in [-0.39, 0.29) is 0 Å². The van der Waals surface area contributed by atoms with Crippen LogP contribution in [0.15, 0.2) is 276 Å². The molecule has 2 aromatic heterocycles. The fraction of sp³-hybridized carbons (Fsp3) is 0. The first-order valence-electron chi connectivity index (χ1n) is 26.1. The van der Waals surface area contributed by atoms with Crippen LogP contribution in [0.3, 0.4) is 0 Å². The quantitative estimate of drug-likeness (QED) is 0.155. The van der Waals surface area contributed by atoms with Gasteiger partial charge in [0.1, 0.15) is 11.2 Å². The minimum atomic E-state index is 0.772. The average Bonchev–Trinajstić information content (AvgIpc) is 4.10. The molecule has 0 radical (unpaired) electrons. The number of hydrogen-bond acceptors (Lipinski definition) is 2. The number of fused-ring (bicyclic) bond motifs is 14. The zero-order chi connectivity index (χ0) is 49.8. The van der Waals surface area contributed by atoms with Crippen molar-refractivity contribution in [2.75, 3.05) is 0 Å². The van der Waals surface area contributed by atoms with E-state index in [1.807, 2.05) is 0 Å². The molecule has 76 heavy (non-hydrogen) atoms. The maximum Gasteiger partial charge on any atom is 0.179 e. The van der Waals surface area contributed by atoms with Crippen LogP contribution in [0.1, 0.15) is 0 Å². The molecule has 0 N–H and O–H groups in total. The van der Waals surface area contributed by atoms with Gasteiger partial charge in [-0.15, -0.1) is 0 Å². The third-order valence-corrected chi connectivity index (χ3v) is 16.1. The van der Waals surface area contributed by atoms with E-state index in [1.165, 1.54) is 87.6 Å². The molecule has 2 heteroatoms. The fourth-order valence-corrected chi connectivity index (χ4v) is 12.7. The van der Waals surface area contributed by atoms with Gasteiger partial charge in [-0.1, -0.05) is 243 Å². The number of benzene rings is 14. The second-order valence-corrected chi connectivity index (χ2v) is 20.1. The summed E-state index contributed by atoms with van der Waals surface area (Å²) in [6.45, 7) is 0. The Morgan fingerprint density at radius 2 is 0.408 bits per heavy atom. The Hall–Kier alpha value is -10.0. The molecule has 352 valence electrons. The molecule has 0 amide bonds. The molecule has 0 aliphatic heterocycles. The summed E-state index contributed by atoms with van der Waals surface area (Å²) in [6.07, 6.45) is 0. The molecule has 0 saturated heterocycles. The van der Waals surface area contributed by atoms with Crippen LogP contribution in [-0.2, 0) is 0 Å². The maximum atomic E-state index is 6.97. The van der Waals surface area contributed by atoms with E-state index in [1.54, 1.807) is 0 Å². The molecule has 0 atom stereocenters. The van der Waals surface area contributed by atoms with Crippen LogP contribution in [0.2, 0.25) is 0 Å². The molecule has 0 aliphatic carbocycles. The van der Waals surface area contributed by atoms with Gasteiger partial charge in [0.25, 0.3) is 0 Å². The normalized spacial score (nSPS) is 11.9. The highest BCUT2D eigenvalue weighted by Crippen LogP contribution is 2.48. The highest BCUT2D eigenvalue weighted by molar-refractivity contribution is 6.34. The van der Waals surface area contributed by atoms with Crippen LogP contribution < -0.4 is 0 Å². The van der Waals surface area contributed by atoms with Gasteiger partial charge in [0, 0.05) is 21.5 Å². The molecule has 14 aromatic carbocycles. The largest absolute Gasteiger partial charge is 0.452 e. The van der Waals surface area contributed by atoms with Gasteiger partial charge in [-0.2, -0.15) is 0 Å². The predicted octanol–water partition coefficient (Wildman–Crippen LogP) is 21.3. The van der Waals surface area contributed by atoms with E-state index in [9.17, 15) is 0 Å². The summed E-state index contributed by atoms with van der Waals surface area (Å²) in [6, 6.07) is 96.9. The minimum absolute atomic E-state index is 0.772. The summed E-state index contributed by atoms with van der Waals surface area (Å²) in [5.41, 5.74) is 17.5. The molecule has 0 unspecified atom stereocenters. The van der Waals surface area contributed by atoms with Gasteiger partial charge in [-0.05, 0) is 145 Å². The third kappa shape index (κ3) is 6.41. The van der Waals surface area contributed by atoms with E-state index >= 15 is 0 Å². The molecule has 0 aliphatic rings. The second kappa shape index (κ2) is 16.8. The zero-order valence-corrected chi connectivity index (χ0v) is 41.2. The summed E-state index contributed by atoms with van der Waals surface area (Å²) in [5, 5.41) is 16.6. The van der Waals surface area contributed by atoms with Crippen molar-refractivity contribution in [2.24, 2.45) is 0 Å². The summed E-state index contributed by atoms with van der Waals surface area (Å²) >= 11 is 0. The Morgan fingerprint density at radius 3 is 0.711 bits per heavy atom. The SMILES string of the molecule is c1ccc(-c2c3ccccc3c(-c3ccc(-c4ccc5c(c4)oc4c6oc7cc(-c8ccc(-c9c%10ccccc%10c(-c%10ccccc%10)c%10ccccc9%10)cc8)ccc7c6c6ccccc6c54)cc3)c3ccccc23)cc1. The van der Waals surface area contributed by atoms with Gasteiger partial charge in [-0.25, -0.2) is 0 Å². The van der Waals surface area contributed by atoms with Gasteiger partial charge in [-0.3, -0.25) is 0 Å². The summed E-state index contributed by atoms with van der Waals surface area (Å²) in [7, 11) is 0. The van der Waals surface area contributed by atoms with E-state index in [4.69, 9.17) is 8.83 Å². The van der Waals surface area contributed by atoms with Crippen LogP contribution in [0.4, 0.5) is 0 Å². The van der Waals surface area contributed by atoms with Crippen molar-refractivity contribution in [2.45, 2.75) is 0 Å². The highest BCUT2D eigenvalue weighted by atomic mass is 16.4. The van der Waals surface area contributed by atoms with E-state index in [2.05, 4.69) is 267 Å². The van der Waals surface area contributed by atoms with Gasteiger partial charge in [0.05, 0.1) is 0 Å². The Balaban J connectivity index is 0.781. The lowest BCUT2D eigenvalue weighted by Gasteiger charge is -2.18. The molecular formula is C74H44O2. The van der Waals surface area contributed by atoms with Crippen molar-refractivity contribution in [1.29, 1.82) is 0 Å². The number of furan rings is 2. The lowest BCUT2D eigenvalue weighted by atomic mass is 9.86. The molecule has 16 rings (SSSR count). The number of rotatable bonds is 6. The van der Waals surface area contributed by atoms with Crippen molar-refractivity contribution in [3.05, 3.63) is 267 Å². The van der Waals surface area contributed by atoms with Gasteiger partial charge >= 0.3 is 0 Å². The fourth-order valence-electron chi connectivity index (χ4n) is 12.7. The molecule has 0 bridgehead atoms. The topological polar surface area (TPSA) is 26.3 Å². The van der Waals surface area contributed by atoms with Crippen molar-refractivity contribution in [3.8, 4) is 66.8 Å². The van der Waals surface area contributed by atoms with Crippen LogP contribution in [0.5, 0.6) is 0 Å². The van der Waals surface area contributed by atoms with Crippen LogP contribution in [0.25, 0.3) is 165 Å². The van der Waals surface area contributed by atoms with Crippen LogP contribution >= 0.6 is 0 Å². The van der Waals surface area contributed by atoms with Gasteiger partial charge in [0.2, 0.25) is 0 Å². The van der Waals surface area contributed by atoms with Crippen molar-refractivity contribution in [1.82, 2.24) is 0 Å². The summed E-state index contributed by atoms with van der Waals surface area (Å²) in [5.74, 6) is 0. The minimum Gasteiger partial charge on any atom is -0.452 e. The third-order valence-electron chi connectivity index (χ3n) is 16.1. The first-order valence-corrected chi connectivity index (χ1v) is 26.1. The Labute approximate surface area is 437 Å². The number of hydrogen-bond donors (Lipinski definition) is 0. The first kappa shape index (κ1) is 42.5. The Kier molecular flexibility index (Phi) is 9.37. The molecule has 2 heterocycles. The van der Waals surface area contributed by atoms with E-state index in [0.717, 1.165) is 76.9 Å². The van der Waals surface area contributed by atoms with E-state index in [0.29, 0.717) is 0 Å². The zero-order valence-electron chi connectivity index (χ0n) is 41.2. The van der Waals surface area contributed by atoms with Gasteiger partial charge < -0.3 is 8.83 Å². The highest BCUT2D eigenvalue weighted by Gasteiger charge is 2.23. The maximum absolute atomic E-state index is 6.97. The molecule has 16 aromatic rings. The average molecular weight is 965 g/mol. The molecule has 0 spiro atoms. The summed E-state index contributed by atoms with van der Waals surface area (Å²) < 4.78 is 13.9. The standard InChI is InChI=1S/C74H44O2/c1-3-17-47(18-4-1)67-53-21-7-11-25-57(53)69(58-26-12-8-22-54(58)67)49-35-31-45(32-36-49)51-39-41-63-65(43-51)75-73-71(63)61-29-15-16-30-62(61)72-64-42-40-52(44-66(64)76-74(72)73)46-33-37-50(38-34-46)70-59-27-13-9-23-55(59)68(48-19-5-2-6-20-48)56-24-10-14-28-60(56)70/h1-44H. The lowest BCUT2D eigenvalue weighted by molar-refractivity contribution is 0.634. The smallest absolute Gasteiger partial charge is 0.179 e. The van der Waals surface area contributed by atoms with E-state index < -0.39 is 0 Å². The van der Waals surface area contributed by atoms with Crippen molar-refractivity contribution in [3.63, 3.8) is 0 Å². The van der Waals surface area contributed by atoms with Crippen LogP contribution in [-0.4, -0.2) is 0 Å². The Morgan fingerprint density at radius 1 is 0.171 bits per heavy atom. The molecule has 2 nitrogen and oxygen atoms in total. The molecule has 0 saturated carbocycles. The van der Waals surface area contributed by atoms with Crippen molar-refractivity contribution >= 4 is 97.7 Å². The first-order chi connectivity index (χ1) is 37.7. The second-order valence-electron chi connectivity index (χ2n) is 20.1. The Bertz CT molecular complexity index is 4570. The summed E-state index contributed by atoms with van der Waals surface area (Å²) in [4.78, 5) is 0. The lowest BCUT2D eigenvalue weighted by Crippen LogP contribution is -1.90.